The predicted molar refractivity (Wildman–Crippen MR) is 80.5 cm³/mol. The van der Waals surface area contributed by atoms with E-state index in [2.05, 4.69) is 11.8 Å². The predicted octanol–water partition coefficient (Wildman–Crippen LogP) is 3.00. The van der Waals surface area contributed by atoms with Crippen LogP contribution < -0.4 is 0 Å². The molecule has 3 heteroatoms. The molecular weight excluding hydrogens is 264 g/mol. The highest BCUT2D eigenvalue weighted by Gasteiger charge is 2.39. The highest BCUT2D eigenvalue weighted by atomic mass is 16.7. The van der Waals surface area contributed by atoms with Crippen LogP contribution in [0, 0.1) is 11.8 Å². The average molecular weight is 286 g/mol. The average Bonchev–Trinajstić information content (AvgIpc) is 2.51. The summed E-state index contributed by atoms with van der Waals surface area (Å²) in [6.07, 6.45) is 6.33. The largest absolute Gasteiger partial charge is 0.392 e. The zero-order chi connectivity index (χ0) is 14.5. The normalized spacial score (nSPS) is 23.8. The zero-order valence-corrected chi connectivity index (χ0v) is 12.3. The number of benzene rings is 1. The SMILES string of the molecule is OCc1cccc(C#CC2(OC3CCCCO3)CCC2)c1. The van der Waals surface area contributed by atoms with Crippen molar-refractivity contribution in [2.24, 2.45) is 0 Å². The maximum Gasteiger partial charge on any atom is 0.159 e. The van der Waals surface area contributed by atoms with Crippen molar-refractivity contribution in [2.75, 3.05) is 6.61 Å². The summed E-state index contributed by atoms with van der Waals surface area (Å²) in [4.78, 5) is 0. The van der Waals surface area contributed by atoms with Crippen LogP contribution >= 0.6 is 0 Å². The van der Waals surface area contributed by atoms with Crippen molar-refractivity contribution in [1.82, 2.24) is 0 Å². The van der Waals surface area contributed by atoms with E-state index in [1.807, 2.05) is 24.3 Å². The molecule has 1 aromatic rings. The van der Waals surface area contributed by atoms with E-state index in [-0.39, 0.29) is 18.5 Å². The quantitative estimate of drug-likeness (QED) is 0.868. The Morgan fingerprint density at radius 3 is 2.86 bits per heavy atom. The van der Waals surface area contributed by atoms with Crippen LogP contribution in [0.2, 0.25) is 0 Å². The van der Waals surface area contributed by atoms with Crippen LogP contribution in [0.25, 0.3) is 0 Å². The van der Waals surface area contributed by atoms with Crippen LogP contribution in [0.4, 0.5) is 0 Å². The van der Waals surface area contributed by atoms with Gasteiger partial charge >= 0.3 is 0 Å². The molecule has 2 fully saturated rings. The highest BCUT2D eigenvalue weighted by Crippen LogP contribution is 2.37. The molecule has 1 atom stereocenters. The number of ether oxygens (including phenoxy) is 2. The lowest BCUT2D eigenvalue weighted by Crippen LogP contribution is -2.43. The number of hydrogen-bond donors (Lipinski definition) is 1. The molecule has 0 radical (unpaired) electrons. The third-order valence-electron chi connectivity index (χ3n) is 4.20. The van der Waals surface area contributed by atoms with E-state index in [0.717, 1.165) is 49.8 Å². The first-order valence-electron chi connectivity index (χ1n) is 7.82. The van der Waals surface area contributed by atoms with Gasteiger partial charge in [-0.1, -0.05) is 24.0 Å². The molecule has 0 spiro atoms. The highest BCUT2D eigenvalue weighted by molar-refractivity contribution is 5.39. The van der Waals surface area contributed by atoms with E-state index >= 15 is 0 Å². The lowest BCUT2D eigenvalue weighted by Gasteiger charge is -2.40. The summed E-state index contributed by atoms with van der Waals surface area (Å²) < 4.78 is 11.8. The van der Waals surface area contributed by atoms with Crippen LogP contribution in [-0.2, 0) is 16.1 Å². The Balaban J connectivity index is 1.70. The van der Waals surface area contributed by atoms with E-state index < -0.39 is 0 Å². The maximum absolute atomic E-state index is 9.17. The van der Waals surface area contributed by atoms with Gasteiger partial charge < -0.3 is 14.6 Å². The third-order valence-corrected chi connectivity index (χ3v) is 4.20. The Labute approximate surface area is 126 Å². The Bertz CT molecular complexity index is 531. The van der Waals surface area contributed by atoms with Crippen LogP contribution in [0.3, 0.4) is 0 Å². The number of aliphatic hydroxyl groups excluding tert-OH is 1. The van der Waals surface area contributed by atoms with Gasteiger partial charge in [0, 0.05) is 12.2 Å². The van der Waals surface area contributed by atoms with Gasteiger partial charge in [-0.15, -0.1) is 0 Å². The number of hydrogen-bond acceptors (Lipinski definition) is 3. The standard InChI is InChI=1S/C18H22O3/c19-14-16-6-3-5-15(13-16)8-11-18(9-4-10-18)21-17-7-1-2-12-20-17/h3,5-6,13,17,19H,1-2,4,7,9-10,12,14H2. The Kier molecular flexibility index (Phi) is 4.60. The van der Waals surface area contributed by atoms with Crippen molar-refractivity contribution in [1.29, 1.82) is 0 Å². The number of rotatable bonds is 3. The van der Waals surface area contributed by atoms with E-state index in [1.165, 1.54) is 6.42 Å². The summed E-state index contributed by atoms with van der Waals surface area (Å²) in [6, 6.07) is 7.72. The van der Waals surface area contributed by atoms with Crippen LogP contribution in [-0.4, -0.2) is 23.6 Å². The molecule has 3 nitrogen and oxygen atoms in total. The molecule has 0 bridgehead atoms. The minimum atomic E-state index is -0.322. The Morgan fingerprint density at radius 2 is 2.19 bits per heavy atom. The van der Waals surface area contributed by atoms with E-state index in [9.17, 15) is 5.11 Å². The molecule has 0 aromatic heterocycles. The first-order chi connectivity index (χ1) is 10.3. The van der Waals surface area contributed by atoms with Gasteiger partial charge in [0.2, 0.25) is 0 Å². The van der Waals surface area contributed by atoms with E-state index in [4.69, 9.17) is 9.47 Å². The van der Waals surface area contributed by atoms with Crippen molar-refractivity contribution in [2.45, 2.75) is 57.0 Å². The van der Waals surface area contributed by atoms with Gasteiger partial charge in [-0.2, -0.15) is 0 Å². The molecule has 1 aliphatic carbocycles. The van der Waals surface area contributed by atoms with E-state index in [1.54, 1.807) is 0 Å². The van der Waals surface area contributed by atoms with Crippen LogP contribution in [0.15, 0.2) is 24.3 Å². The summed E-state index contributed by atoms with van der Waals surface area (Å²) in [6.45, 7) is 0.847. The fraction of sp³-hybridized carbons (Fsp3) is 0.556. The van der Waals surface area contributed by atoms with Crippen molar-refractivity contribution >= 4 is 0 Å². The first kappa shape index (κ1) is 14.6. The van der Waals surface area contributed by atoms with Gasteiger partial charge in [-0.25, -0.2) is 0 Å². The van der Waals surface area contributed by atoms with Gasteiger partial charge in [0.25, 0.3) is 0 Å². The minimum absolute atomic E-state index is 0.0487. The molecule has 1 aromatic carbocycles. The monoisotopic (exact) mass is 286 g/mol. The molecule has 1 heterocycles. The lowest BCUT2D eigenvalue weighted by molar-refractivity contribution is -0.226. The fourth-order valence-electron chi connectivity index (χ4n) is 2.76. The van der Waals surface area contributed by atoms with Crippen molar-refractivity contribution < 1.29 is 14.6 Å². The maximum atomic E-state index is 9.17. The van der Waals surface area contributed by atoms with Gasteiger partial charge in [0.15, 0.2) is 6.29 Å². The Morgan fingerprint density at radius 1 is 1.29 bits per heavy atom. The molecule has 2 aliphatic rings. The molecule has 1 saturated heterocycles. The molecule has 21 heavy (non-hydrogen) atoms. The molecule has 0 amide bonds. The second-order valence-electron chi connectivity index (χ2n) is 5.87. The summed E-state index contributed by atoms with van der Waals surface area (Å²) >= 11 is 0. The molecule has 1 unspecified atom stereocenters. The van der Waals surface area contributed by atoms with Crippen molar-refractivity contribution in [3.05, 3.63) is 35.4 Å². The zero-order valence-electron chi connectivity index (χ0n) is 12.3. The Hall–Kier alpha value is -1.34. The molecule has 1 saturated carbocycles. The fourth-order valence-corrected chi connectivity index (χ4v) is 2.76. The van der Waals surface area contributed by atoms with Crippen molar-refractivity contribution in [3.63, 3.8) is 0 Å². The van der Waals surface area contributed by atoms with Crippen LogP contribution in [0.5, 0.6) is 0 Å². The van der Waals surface area contributed by atoms with Gasteiger partial charge in [-0.05, 0) is 56.2 Å². The summed E-state index contributed by atoms with van der Waals surface area (Å²) in [5.74, 6) is 6.52. The second-order valence-corrected chi connectivity index (χ2v) is 5.87. The molecule has 1 aliphatic heterocycles. The second kappa shape index (κ2) is 6.62. The summed E-state index contributed by atoms with van der Waals surface area (Å²) in [5.41, 5.74) is 1.50. The lowest BCUT2D eigenvalue weighted by atomic mass is 9.80. The van der Waals surface area contributed by atoms with Crippen LogP contribution in [0.1, 0.15) is 49.7 Å². The van der Waals surface area contributed by atoms with Gasteiger partial charge in [0.05, 0.1) is 6.61 Å². The molecule has 1 N–H and O–H groups in total. The molecule has 112 valence electrons. The van der Waals surface area contributed by atoms with Gasteiger partial charge in [0.1, 0.15) is 5.60 Å². The van der Waals surface area contributed by atoms with Crippen molar-refractivity contribution in [3.8, 4) is 11.8 Å². The third kappa shape index (κ3) is 3.65. The molecule has 3 rings (SSSR count). The number of aliphatic hydroxyl groups is 1. The summed E-state index contributed by atoms with van der Waals surface area (Å²) in [7, 11) is 0. The minimum Gasteiger partial charge on any atom is -0.392 e. The summed E-state index contributed by atoms with van der Waals surface area (Å²) in [5, 5.41) is 9.17. The first-order valence-corrected chi connectivity index (χ1v) is 7.82. The molecular formula is C18H22O3. The topological polar surface area (TPSA) is 38.7 Å². The van der Waals surface area contributed by atoms with Gasteiger partial charge in [-0.3, -0.25) is 0 Å². The smallest absolute Gasteiger partial charge is 0.159 e. The van der Waals surface area contributed by atoms with E-state index in [0.29, 0.717) is 0 Å².